The summed E-state index contributed by atoms with van der Waals surface area (Å²) in [5.74, 6) is 0.904. The number of allylic oxidation sites excluding steroid dienone is 1. The third-order valence-electron chi connectivity index (χ3n) is 4.60. The molecule has 1 fully saturated rings. The Balaban J connectivity index is 1.60. The number of ether oxygens (including phenoxy) is 1. The van der Waals surface area contributed by atoms with Crippen molar-refractivity contribution in [1.29, 1.82) is 0 Å². The van der Waals surface area contributed by atoms with Gasteiger partial charge in [-0.25, -0.2) is 0 Å². The van der Waals surface area contributed by atoms with E-state index in [1.165, 1.54) is 5.69 Å². The minimum absolute atomic E-state index is 0.0843. The molecule has 0 unspecified atom stereocenters. The van der Waals surface area contributed by atoms with E-state index < -0.39 is 0 Å². The van der Waals surface area contributed by atoms with Gasteiger partial charge < -0.3 is 14.5 Å². The van der Waals surface area contributed by atoms with Crippen LogP contribution >= 0.6 is 0 Å². The molecular weight excluding hydrogens is 312 g/mol. The molecule has 2 aromatic carbocycles. The SMILES string of the molecule is COc1ccc(/C(C)=C/C(=O)N2CCN(c3ccccc3)CC2)cc1. The van der Waals surface area contributed by atoms with Crippen LogP contribution in [-0.2, 0) is 4.79 Å². The molecule has 1 aliphatic rings. The highest BCUT2D eigenvalue weighted by atomic mass is 16.5. The van der Waals surface area contributed by atoms with Crippen molar-refractivity contribution in [2.45, 2.75) is 6.92 Å². The number of carbonyl (C=O) groups excluding carboxylic acids is 1. The molecule has 0 aromatic heterocycles. The summed E-state index contributed by atoms with van der Waals surface area (Å²) in [7, 11) is 1.65. The van der Waals surface area contributed by atoms with Gasteiger partial charge in [0.2, 0.25) is 5.91 Å². The summed E-state index contributed by atoms with van der Waals surface area (Å²) in [4.78, 5) is 16.8. The fourth-order valence-corrected chi connectivity index (χ4v) is 3.04. The zero-order chi connectivity index (χ0) is 17.6. The summed E-state index contributed by atoms with van der Waals surface area (Å²) in [6.45, 7) is 5.20. The number of benzene rings is 2. The molecule has 130 valence electrons. The Bertz CT molecular complexity index is 730. The monoisotopic (exact) mass is 336 g/mol. The number of rotatable bonds is 4. The summed E-state index contributed by atoms with van der Waals surface area (Å²) in [5, 5.41) is 0. The molecule has 0 aliphatic carbocycles. The summed E-state index contributed by atoms with van der Waals surface area (Å²) >= 11 is 0. The van der Waals surface area contributed by atoms with Crippen LogP contribution < -0.4 is 9.64 Å². The number of anilines is 1. The first-order valence-electron chi connectivity index (χ1n) is 8.59. The van der Waals surface area contributed by atoms with Crippen LogP contribution in [0.3, 0.4) is 0 Å². The third kappa shape index (κ3) is 4.21. The van der Waals surface area contributed by atoms with Crippen LogP contribution in [0.25, 0.3) is 5.57 Å². The highest BCUT2D eigenvalue weighted by Gasteiger charge is 2.20. The lowest BCUT2D eigenvalue weighted by Crippen LogP contribution is -2.48. The van der Waals surface area contributed by atoms with E-state index in [4.69, 9.17) is 4.74 Å². The molecule has 1 heterocycles. The lowest BCUT2D eigenvalue weighted by Gasteiger charge is -2.35. The predicted octanol–water partition coefficient (Wildman–Crippen LogP) is 3.45. The second-order valence-corrected chi connectivity index (χ2v) is 6.20. The van der Waals surface area contributed by atoms with Gasteiger partial charge in [0.05, 0.1) is 7.11 Å². The number of methoxy groups -OCH3 is 1. The van der Waals surface area contributed by atoms with E-state index in [1.807, 2.05) is 54.3 Å². The largest absolute Gasteiger partial charge is 0.497 e. The van der Waals surface area contributed by atoms with Gasteiger partial charge in [-0.05, 0) is 42.3 Å². The van der Waals surface area contributed by atoms with Crippen LogP contribution in [-0.4, -0.2) is 44.1 Å². The smallest absolute Gasteiger partial charge is 0.246 e. The van der Waals surface area contributed by atoms with Gasteiger partial charge in [-0.3, -0.25) is 4.79 Å². The van der Waals surface area contributed by atoms with Crippen molar-refractivity contribution in [3.8, 4) is 5.75 Å². The molecule has 2 aromatic rings. The minimum atomic E-state index is 0.0843. The van der Waals surface area contributed by atoms with Gasteiger partial charge in [-0.2, -0.15) is 0 Å². The molecule has 0 bridgehead atoms. The molecule has 1 amide bonds. The second-order valence-electron chi connectivity index (χ2n) is 6.20. The van der Waals surface area contributed by atoms with Crippen LogP contribution in [0.5, 0.6) is 5.75 Å². The molecule has 0 atom stereocenters. The quantitative estimate of drug-likeness (QED) is 0.802. The molecule has 25 heavy (non-hydrogen) atoms. The highest BCUT2D eigenvalue weighted by Crippen LogP contribution is 2.19. The number of hydrogen-bond acceptors (Lipinski definition) is 3. The first-order chi connectivity index (χ1) is 12.2. The van der Waals surface area contributed by atoms with Crippen molar-refractivity contribution in [3.05, 3.63) is 66.2 Å². The Morgan fingerprint density at radius 1 is 0.960 bits per heavy atom. The molecule has 0 saturated carbocycles. The standard InChI is InChI=1S/C21H24N2O2/c1-17(18-8-10-20(25-2)11-9-18)16-21(24)23-14-12-22(13-15-23)19-6-4-3-5-7-19/h3-11,16H,12-15H2,1-2H3/b17-16+. The highest BCUT2D eigenvalue weighted by molar-refractivity contribution is 5.95. The van der Waals surface area contributed by atoms with E-state index in [1.54, 1.807) is 13.2 Å². The summed E-state index contributed by atoms with van der Waals surface area (Å²) in [5.41, 5.74) is 3.23. The average molecular weight is 336 g/mol. The Hall–Kier alpha value is -2.75. The molecule has 0 spiro atoms. The van der Waals surface area contributed by atoms with Gasteiger partial charge in [0.25, 0.3) is 0 Å². The van der Waals surface area contributed by atoms with E-state index in [2.05, 4.69) is 17.0 Å². The minimum Gasteiger partial charge on any atom is -0.497 e. The van der Waals surface area contributed by atoms with Crippen LogP contribution in [0, 0.1) is 0 Å². The summed E-state index contributed by atoms with van der Waals surface area (Å²) in [6, 6.07) is 18.1. The van der Waals surface area contributed by atoms with Crippen LogP contribution in [0.15, 0.2) is 60.7 Å². The van der Waals surface area contributed by atoms with E-state index in [0.29, 0.717) is 0 Å². The van der Waals surface area contributed by atoms with Crippen molar-refractivity contribution in [1.82, 2.24) is 4.90 Å². The van der Waals surface area contributed by atoms with Crippen molar-refractivity contribution >= 4 is 17.2 Å². The Labute approximate surface area is 149 Å². The van der Waals surface area contributed by atoms with Gasteiger partial charge in [-0.15, -0.1) is 0 Å². The fraction of sp³-hybridized carbons (Fsp3) is 0.286. The van der Waals surface area contributed by atoms with Gasteiger partial charge in [0, 0.05) is 37.9 Å². The van der Waals surface area contributed by atoms with E-state index in [0.717, 1.165) is 43.1 Å². The van der Waals surface area contributed by atoms with Crippen molar-refractivity contribution in [2.24, 2.45) is 0 Å². The Morgan fingerprint density at radius 3 is 2.20 bits per heavy atom. The zero-order valence-corrected chi connectivity index (χ0v) is 14.8. The van der Waals surface area contributed by atoms with Crippen LogP contribution in [0.1, 0.15) is 12.5 Å². The molecule has 1 saturated heterocycles. The second kappa shape index (κ2) is 7.88. The molecule has 4 nitrogen and oxygen atoms in total. The summed E-state index contributed by atoms with van der Waals surface area (Å²) < 4.78 is 5.17. The summed E-state index contributed by atoms with van der Waals surface area (Å²) in [6.07, 6.45) is 1.74. The maximum Gasteiger partial charge on any atom is 0.246 e. The van der Waals surface area contributed by atoms with Crippen molar-refractivity contribution < 1.29 is 9.53 Å². The number of piperazine rings is 1. The first kappa shape index (κ1) is 17.1. The number of carbonyl (C=O) groups is 1. The van der Waals surface area contributed by atoms with E-state index in [9.17, 15) is 4.79 Å². The van der Waals surface area contributed by atoms with Crippen molar-refractivity contribution in [3.63, 3.8) is 0 Å². The molecule has 0 N–H and O–H groups in total. The normalized spacial score (nSPS) is 15.2. The van der Waals surface area contributed by atoms with Crippen LogP contribution in [0.4, 0.5) is 5.69 Å². The van der Waals surface area contributed by atoms with Gasteiger partial charge >= 0.3 is 0 Å². The predicted molar refractivity (Wildman–Crippen MR) is 102 cm³/mol. The average Bonchev–Trinajstić information content (AvgIpc) is 2.68. The molecule has 4 heteroatoms. The lowest BCUT2D eigenvalue weighted by atomic mass is 10.1. The number of amides is 1. The van der Waals surface area contributed by atoms with E-state index in [-0.39, 0.29) is 5.91 Å². The number of hydrogen-bond donors (Lipinski definition) is 0. The molecule has 0 radical (unpaired) electrons. The third-order valence-corrected chi connectivity index (χ3v) is 4.60. The Morgan fingerprint density at radius 2 is 1.60 bits per heavy atom. The molecular formula is C21H24N2O2. The fourth-order valence-electron chi connectivity index (χ4n) is 3.04. The Kier molecular flexibility index (Phi) is 5.39. The van der Waals surface area contributed by atoms with Crippen molar-refractivity contribution in [2.75, 3.05) is 38.2 Å². The van der Waals surface area contributed by atoms with Crippen LogP contribution in [0.2, 0.25) is 0 Å². The van der Waals surface area contributed by atoms with Gasteiger partial charge in [0.15, 0.2) is 0 Å². The molecule has 3 rings (SSSR count). The lowest BCUT2D eigenvalue weighted by molar-refractivity contribution is -0.126. The first-order valence-corrected chi connectivity index (χ1v) is 8.59. The number of nitrogens with zero attached hydrogens (tertiary/aromatic N) is 2. The van der Waals surface area contributed by atoms with Gasteiger partial charge in [-0.1, -0.05) is 30.3 Å². The van der Waals surface area contributed by atoms with Gasteiger partial charge in [0.1, 0.15) is 5.75 Å². The zero-order valence-electron chi connectivity index (χ0n) is 14.8. The topological polar surface area (TPSA) is 32.8 Å². The number of para-hydroxylation sites is 1. The molecule has 1 aliphatic heterocycles. The van der Waals surface area contributed by atoms with E-state index >= 15 is 0 Å². The maximum atomic E-state index is 12.6. The maximum absolute atomic E-state index is 12.6.